The largest absolute Gasteiger partial charge is 0.481 e. The van der Waals surface area contributed by atoms with E-state index in [4.69, 9.17) is 10.4 Å². The Morgan fingerprint density at radius 2 is 2.50 bits per heavy atom. The molecule has 0 saturated heterocycles. The maximum atomic E-state index is 10.2. The molecule has 1 aromatic rings. The Kier molecular flexibility index (Phi) is 3.39. The van der Waals surface area contributed by atoms with Crippen molar-refractivity contribution in [2.24, 2.45) is 0 Å². The summed E-state index contributed by atoms with van der Waals surface area (Å²) in [5, 5.41) is 16.9. The Bertz CT molecular complexity index is 405. The summed E-state index contributed by atoms with van der Waals surface area (Å²) in [5.74, 6) is -0.891. The van der Waals surface area contributed by atoms with E-state index in [0.29, 0.717) is 11.3 Å². The number of nitriles is 1. The smallest absolute Gasteiger partial charge is 0.307 e. The fraction of sp³-hybridized carbons (Fsp3) is 0.100. The molecule has 1 heterocycles. The Morgan fingerprint density at radius 1 is 1.71 bits per heavy atom. The van der Waals surface area contributed by atoms with Crippen molar-refractivity contribution in [3.63, 3.8) is 0 Å². The lowest BCUT2D eigenvalue weighted by Crippen LogP contribution is -1.90. The minimum Gasteiger partial charge on any atom is -0.481 e. The number of rotatable bonds is 3. The van der Waals surface area contributed by atoms with Crippen LogP contribution in [0.3, 0.4) is 0 Å². The Balaban J connectivity index is 2.72. The van der Waals surface area contributed by atoms with Crippen LogP contribution in [0, 0.1) is 11.3 Å². The zero-order valence-corrected chi connectivity index (χ0v) is 7.34. The van der Waals surface area contributed by atoms with Gasteiger partial charge in [-0.3, -0.25) is 9.78 Å². The van der Waals surface area contributed by atoms with E-state index in [1.165, 1.54) is 12.3 Å². The zero-order chi connectivity index (χ0) is 10.4. The number of hydrogen-bond donors (Lipinski definition) is 1. The van der Waals surface area contributed by atoms with E-state index in [2.05, 4.69) is 4.98 Å². The highest BCUT2D eigenvalue weighted by molar-refractivity contribution is 5.70. The molecule has 70 valence electrons. The van der Waals surface area contributed by atoms with Crippen LogP contribution in [0.1, 0.15) is 17.7 Å². The molecule has 0 bridgehead atoms. The van der Waals surface area contributed by atoms with E-state index in [0.717, 1.165) is 0 Å². The fourth-order valence-electron chi connectivity index (χ4n) is 0.890. The summed E-state index contributed by atoms with van der Waals surface area (Å²) in [6.45, 7) is 0. The number of aliphatic carboxylic acids is 1. The predicted octanol–water partition coefficient (Wildman–Crippen LogP) is 1.44. The van der Waals surface area contributed by atoms with Crippen molar-refractivity contribution >= 4 is 12.0 Å². The second-order valence-electron chi connectivity index (χ2n) is 2.58. The van der Waals surface area contributed by atoms with Crippen molar-refractivity contribution in [1.29, 1.82) is 5.26 Å². The van der Waals surface area contributed by atoms with Crippen molar-refractivity contribution in [3.8, 4) is 6.07 Å². The van der Waals surface area contributed by atoms with Gasteiger partial charge in [-0.05, 0) is 18.2 Å². The van der Waals surface area contributed by atoms with Crippen molar-refractivity contribution in [2.45, 2.75) is 6.42 Å². The number of carboxylic acid groups (broad SMARTS) is 1. The molecule has 1 aromatic heterocycles. The number of carboxylic acids is 1. The van der Waals surface area contributed by atoms with Crippen LogP contribution in [-0.4, -0.2) is 16.1 Å². The summed E-state index contributed by atoms with van der Waals surface area (Å²) in [6.07, 6.45) is 4.54. The molecule has 14 heavy (non-hydrogen) atoms. The van der Waals surface area contributed by atoms with Crippen LogP contribution < -0.4 is 0 Å². The molecule has 0 spiro atoms. The molecule has 0 unspecified atom stereocenters. The minimum absolute atomic E-state index is 0.0432. The van der Waals surface area contributed by atoms with E-state index in [1.54, 1.807) is 18.2 Å². The molecular weight excluding hydrogens is 180 g/mol. The van der Waals surface area contributed by atoms with E-state index >= 15 is 0 Å². The number of hydrogen-bond acceptors (Lipinski definition) is 3. The zero-order valence-electron chi connectivity index (χ0n) is 7.34. The first-order valence-corrected chi connectivity index (χ1v) is 3.97. The molecule has 0 atom stereocenters. The molecule has 0 radical (unpaired) electrons. The van der Waals surface area contributed by atoms with Crippen LogP contribution in [0.5, 0.6) is 0 Å². The van der Waals surface area contributed by atoms with Crippen LogP contribution in [0.25, 0.3) is 6.08 Å². The second kappa shape index (κ2) is 4.77. The summed E-state index contributed by atoms with van der Waals surface area (Å²) in [5.41, 5.74) is 1.10. The monoisotopic (exact) mass is 188 g/mol. The lowest BCUT2D eigenvalue weighted by Gasteiger charge is -1.91. The van der Waals surface area contributed by atoms with Gasteiger partial charge >= 0.3 is 5.97 Å². The molecule has 0 aliphatic heterocycles. The van der Waals surface area contributed by atoms with Gasteiger partial charge in [0.1, 0.15) is 0 Å². The van der Waals surface area contributed by atoms with Gasteiger partial charge in [0.15, 0.2) is 0 Å². The molecular formula is C10H8N2O2. The summed E-state index contributed by atoms with van der Waals surface area (Å²) in [6, 6.07) is 5.16. The third-order valence-corrected chi connectivity index (χ3v) is 1.49. The first-order valence-electron chi connectivity index (χ1n) is 3.97. The average molecular weight is 188 g/mol. The van der Waals surface area contributed by atoms with Gasteiger partial charge in [-0.15, -0.1) is 0 Å². The average Bonchev–Trinajstić information content (AvgIpc) is 2.18. The van der Waals surface area contributed by atoms with Crippen LogP contribution in [0.4, 0.5) is 0 Å². The number of aromatic nitrogens is 1. The summed E-state index contributed by atoms with van der Waals surface area (Å²) in [7, 11) is 0. The highest BCUT2D eigenvalue weighted by atomic mass is 16.4. The van der Waals surface area contributed by atoms with E-state index in [9.17, 15) is 4.79 Å². The van der Waals surface area contributed by atoms with Crippen molar-refractivity contribution in [3.05, 3.63) is 35.7 Å². The van der Waals surface area contributed by atoms with Crippen molar-refractivity contribution in [2.75, 3.05) is 0 Å². The lowest BCUT2D eigenvalue weighted by atomic mass is 10.2. The first kappa shape index (κ1) is 9.93. The van der Waals surface area contributed by atoms with Gasteiger partial charge in [-0.2, -0.15) is 5.26 Å². The van der Waals surface area contributed by atoms with Crippen molar-refractivity contribution in [1.82, 2.24) is 4.98 Å². The van der Waals surface area contributed by atoms with Crippen LogP contribution in [0.15, 0.2) is 24.4 Å². The third-order valence-electron chi connectivity index (χ3n) is 1.49. The van der Waals surface area contributed by atoms with Gasteiger partial charge < -0.3 is 5.11 Å². The summed E-state index contributed by atoms with van der Waals surface area (Å²) in [4.78, 5) is 14.1. The topological polar surface area (TPSA) is 74.0 Å². The summed E-state index contributed by atoms with van der Waals surface area (Å²) < 4.78 is 0. The molecule has 1 rings (SSSR count). The van der Waals surface area contributed by atoms with Gasteiger partial charge in [0.25, 0.3) is 0 Å². The number of pyridine rings is 1. The minimum atomic E-state index is -0.891. The van der Waals surface area contributed by atoms with Crippen LogP contribution in [0.2, 0.25) is 0 Å². The van der Waals surface area contributed by atoms with Gasteiger partial charge in [0.2, 0.25) is 0 Å². The highest BCUT2D eigenvalue weighted by Gasteiger charge is 1.93. The Morgan fingerprint density at radius 3 is 3.14 bits per heavy atom. The lowest BCUT2D eigenvalue weighted by molar-refractivity contribution is -0.135. The first-order chi connectivity index (χ1) is 6.72. The molecule has 0 saturated carbocycles. The van der Waals surface area contributed by atoms with E-state index < -0.39 is 5.97 Å². The maximum Gasteiger partial charge on any atom is 0.307 e. The SMILES string of the molecule is N#Cc1ccnc(C=CCC(=O)O)c1. The van der Waals surface area contributed by atoms with Crippen LogP contribution in [-0.2, 0) is 4.79 Å². The highest BCUT2D eigenvalue weighted by Crippen LogP contribution is 2.02. The summed E-state index contributed by atoms with van der Waals surface area (Å²) >= 11 is 0. The molecule has 0 fully saturated rings. The van der Waals surface area contributed by atoms with Gasteiger partial charge in [0.05, 0.1) is 23.7 Å². The van der Waals surface area contributed by atoms with E-state index in [1.807, 2.05) is 6.07 Å². The standard InChI is InChI=1S/C10H8N2O2/c11-7-8-4-5-12-9(6-8)2-1-3-10(13)14/h1-2,4-6H,3H2,(H,13,14). The maximum absolute atomic E-state index is 10.2. The molecule has 4 heteroatoms. The Hall–Kier alpha value is -2.15. The van der Waals surface area contributed by atoms with Crippen molar-refractivity contribution < 1.29 is 9.90 Å². The molecule has 1 N–H and O–H groups in total. The molecule has 0 aliphatic carbocycles. The molecule has 0 aromatic carbocycles. The normalized spacial score (nSPS) is 9.93. The van der Waals surface area contributed by atoms with E-state index in [-0.39, 0.29) is 6.42 Å². The third kappa shape index (κ3) is 3.07. The Labute approximate surface area is 81.1 Å². The quantitative estimate of drug-likeness (QED) is 0.778. The fourth-order valence-corrected chi connectivity index (χ4v) is 0.890. The van der Waals surface area contributed by atoms with Crippen LogP contribution >= 0.6 is 0 Å². The number of carbonyl (C=O) groups is 1. The van der Waals surface area contributed by atoms with Gasteiger partial charge in [0, 0.05) is 6.20 Å². The molecule has 0 aliphatic rings. The van der Waals surface area contributed by atoms with Gasteiger partial charge in [-0.1, -0.05) is 6.08 Å². The molecule has 4 nitrogen and oxygen atoms in total. The second-order valence-corrected chi connectivity index (χ2v) is 2.58. The predicted molar refractivity (Wildman–Crippen MR) is 50.2 cm³/mol. The van der Waals surface area contributed by atoms with Gasteiger partial charge in [-0.25, -0.2) is 0 Å². The molecule has 0 amide bonds. The number of nitrogens with zero attached hydrogens (tertiary/aromatic N) is 2.